The smallest absolute Gasteiger partial charge is 0.130 e. The molecule has 4 aliphatic rings. The van der Waals surface area contributed by atoms with Crippen LogP contribution in [-0.4, -0.2) is 0 Å². The van der Waals surface area contributed by atoms with E-state index in [9.17, 15) is 0 Å². The summed E-state index contributed by atoms with van der Waals surface area (Å²) in [4.78, 5) is 0. The van der Waals surface area contributed by atoms with Crippen LogP contribution in [0.4, 0.5) is 0 Å². The Morgan fingerprint density at radius 1 is 0.389 bits per heavy atom. The molecule has 4 aliphatic carbocycles. The summed E-state index contributed by atoms with van der Waals surface area (Å²) in [5, 5.41) is 1.58. The molecule has 0 unspecified atom stereocenters. The molecule has 2 atom stereocenters. The van der Waals surface area contributed by atoms with E-state index >= 15 is 9.13 Å². The molecular weight excluding hydrogens is 478 g/mol. The van der Waals surface area contributed by atoms with Gasteiger partial charge in [-0.05, 0) is 89.9 Å². The Labute approximate surface area is 218 Å². The topological polar surface area (TPSA) is 34.1 Å². The molecule has 2 aromatic rings. The van der Waals surface area contributed by atoms with Crippen molar-refractivity contribution in [3.05, 3.63) is 185 Å². The first-order chi connectivity index (χ1) is 17.6. The summed E-state index contributed by atoms with van der Waals surface area (Å²) in [5.74, 6) is 1.73. The molecule has 20 radical (unpaired) electrons. The summed E-state index contributed by atoms with van der Waals surface area (Å²) in [7, 11) is -6.31. The standard InChI is InChI=1S/C32H24O2P2/c33-35(27-17-7-8-18-27,25-13-3-1-4-14-25)31-23-11-21-29(31)30-22-12-24-32(30)36(34,28-19-9-10-20-28)26-15-5-2-6-16-26/h1-24H/t35-,36-/m1/s1. The van der Waals surface area contributed by atoms with Gasteiger partial charge in [0.15, 0.2) is 0 Å². The second-order valence-electron chi connectivity index (χ2n) is 8.83. The first kappa shape index (κ1) is 25.2. The van der Waals surface area contributed by atoms with Crippen molar-refractivity contribution in [3.63, 3.8) is 0 Å². The highest BCUT2D eigenvalue weighted by molar-refractivity contribution is 7.79. The van der Waals surface area contributed by atoms with E-state index in [1.165, 1.54) is 0 Å². The number of rotatable bonds is 7. The summed E-state index contributed by atoms with van der Waals surface area (Å²) in [5.41, 5.74) is 3.15. The van der Waals surface area contributed by atoms with Crippen molar-refractivity contribution in [1.82, 2.24) is 0 Å². The van der Waals surface area contributed by atoms with Gasteiger partial charge >= 0.3 is 0 Å². The molecule has 36 heavy (non-hydrogen) atoms. The lowest BCUT2D eigenvalue weighted by atomic mass is 9.89. The Morgan fingerprint density at radius 3 is 1.11 bits per heavy atom. The Balaban J connectivity index is 1.39. The zero-order valence-electron chi connectivity index (χ0n) is 19.6. The zero-order valence-corrected chi connectivity index (χ0v) is 21.4. The highest BCUT2D eigenvalue weighted by Crippen LogP contribution is 2.78. The van der Waals surface area contributed by atoms with Crippen LogP contribution in [-0.2, 0) is 9.13 Å². The predicted molar refractivity (Wildman–Crippen MR) is 147 cm³/mol. The van der Waals surface area contributed by atoms with Gasteiger partial charge in [-0.25, -0.2) is 0 Å². The van der Waals surface area contributed by atoms with Gasteiger partial charge in [0.25, 0.3) is 0 Å². The van der Waals surface area contributed by atoms with Gasteiger partial charge in [-0.3, -0.25) is 0 Å². The van der Waals surface area contributed by atoms with Crippen LogP contribution < -0.4 is 10.6 Å². The maximum Gasteiger partial charge on any atom is 0.130 e. The van der Waals surface area contributed by atoms with E-state index in [2.05, 4.69) is 0 Å². The molecule has 6 rings (SSSR count). The van der Waals surface area contributed by atoms with Crippen LogP contribution in [0.3, 0.4) is 0 Å². The van der Waals surface area contributed by atoms with Crippen molar-refractivity contribution < 1.29 is 9.13 Å². The Morgan fingerprint density at radius 2 is 0.750 bits per heavy atom. The van der Waals surface area contributed by atoms with Crippen molar-refractivity contribution >= 4 is 24.9 Å². The minimum atomic E-state index is -3.15. The molecule has 174 valence electrons. The lowest BCUT2D eigenvalue weighted by molar-refractivity contribution is 0.581. The van der Waals surface area contributed by atoms with Crippen molar-refractivity contribution in [2.45, 2.75) is 0 Å². The molecule has 4 fully saturated rings. The number of hydrogen-bond donors (Lipinski definition) is 0. The summed E-state index contributed by atoms with van der Waals surface area (Å²) in [6, 6.07) is 19.4. The van der Waals surface area contributed by atoms with E-state index in [1.54, 1.807) is 0 Å². The number of hydrogen-bond acceptors (Lipinski definition) is 2. The first-order valence-electron chi connectivity index (χ1n) is 11.9. The van der Waals surface area contributed by atoms with E-state index in [1.807, 2.05) is 151 Å². The van der Waals surface area contributed by atoms with Gasteiger partial charge in [-0.1, -0.05) is 60.7 Å². The maximum absolute atomic E-state index is 15.0. The van der Waals surface area contributed by atoms with Crippen molar-refractivity contribution in [2.24, 2.45) is 0 Å². The Bertz CT molecular complexity index is 1010. The van der Waals surface area contributed by atoms with E-state index < -0.39 is 14.3 Å². The average Bonchev–Trinajstić information content (AvgIpc) is 3.75. The maximum atomic E-state index is 15.0. The molecule has 0 saturated heterocycles. The van der Waals surface area contributed by atoms with Gasteiger partial charge in [0, 0.05) is 33.8 Å². The third kappa shape index (κ3) is 4.24. The highest BCUT2D eigenvalue weighted by atomic mass is 31.2. The van der Waals surface area contributed by atoms with Crippen molar-refractivity contribution in [2.75, 3.05) is 0 Å². The van der Waals surface area contributed by atoms with E-state index in [0.29, 0.717) is 0 Å². The number of benzene rings is 2. The molecule has 0 aromatic heterocycles. The molecule has 2 aromatic carbocycles. The van der Waals surface area contributed by atoms with Gasteiger partial charge in [0.2, 0.25) is 0 Å². The minimum absolute atomic E-state index is 0.773. The van der Waals surface area contributed by atoms with Gasteiger partial charge in [0.05, 0.1) is 11.3 Å². The summed E-state index contributed by atoms with van der Waals surface area (Å²) in [6.45, 7) is 0. The molecular formula is C32H24O2P2. The second-order valence-corrected chi connectivity index (χ2v) is 14.3. The summed E-state index contributed by atoms with van der Waals surface area (Å²) >= 11 is 0. The fourth-order valence-electron chi connectivity index (χ4n) is 5.10. The average molecular weight is 502 g/mol. The van der Waals surface area contributed by atoms with Crippen LogP contribution in [0.15, 0.2) is 60.7 Å². The Hall–Kier alpha value is -1.10. The fourth-order valence-corrected chi connectivity index (χ4v) is 10.8. The normalized spacial score (nSPS) is 27.0. The van der Waals surface area contributed by atoms with Crippen LogP contribution in [0.2, 0.25) is 0 Å². The van der Waals surface area contributed by atoms with E-state index in [4.69, 9.17) is 0 Å². The van der Waals surface area contributed by atoms with Crippen molar-refractivity contribution in [1.29, 1.82) is 0 Å². The quantitative estimate of drug-likeness (QED) is 0.402. The zero-order chi connectivity index (χ0) is 24.6. The van der Waals surface area contributed by atoms with E-state index in [0.717, 1.165) is 45.1 Å². The molecule has 0 aliphatic heterocycles. The molecule has 4 heteroatoms. The van der Waals surface area contributed by atoms with E-state index in [-0.39, 0.29) is 0 Å². The minimum Gasteiger partial charge on any atom is -0.317 e. The third-order valence-electron chi connectivity index (χ3n) is 6.81. The van der Waals surface area contributed by atoms with Crippen LogP contribution in [0.1, 0.15) is 0 Å². The lowest BCUT2D eigenvalue weighted by Crippen LogP contribution is -2.26. The molecule has 0 amide bonds. The third-order valence-corrected chi connectivity index (χ3v) is 13.0. The van der Waals surface area contributed by atoms with Crippen LogP contribution in [0.25, 0.3) is 0 Å². The molecule has 2 nitrogen and oxygen atoms in total. The highest BCUT2D eigenvalue weighted by Gasteiger charge is 2.57. The van der Waals surface area contributed by atoms with Crippen LogP contribution >= 0.6 is 14.3 Å². The molecule has 0 spiro atoms. The monoisotopic (exact) mass is 502 g/mol. The first-order valence-corrected chi connectivity index (χ1v) is 15.3. The summed E-state index contributed by atoms with van der Waals surface area (Å²) in [6.07, 6.45) is 27.3. The SMILES string of the molecule is O=[P@]([C]1[CH][CH][CH][CH]1)([C]1[CH][CH][CH][C]1[C]1[CH][CH][CH][C]1[P@](=O)([C]1[CH][CH][CH][CH]1)c1ccccc1)c1ccccc1. The van der Waals surface area contributed by atoms with Crippen molar-refractivity contribution in [3.8, 4) is 0 Å². The van der Waals surface area contributed by atoms with Gasteiger partial charge in [0.1, 0.15) is 14.3 Å². The second kappa shape index (κ2) is 10.6. The molecule has 0 bridgehead atoms. The molecule has 0 N–H and O–H groups in total. The van der Waals surface area contributed by atoms with Gasteiger partial charge in [-0.2, -0.15) is 0 Å². The largest absolute Gasteiger partial charge is 0.317 e. The van der Waals surface area contributed by atoms with Crippen LogP contribution in [0.5, 0.6) is 0 Å². The predicted octanol–water partition coefficient (Wildman–Crippen LogP) is 6.56. The lowest BCUT2D eigenvalue weighted by Gasteiger charge is -2.39. The van der Waals surface area contributed by atoms with Gasteiger partial charge in [-0.15, -0.1) is 0 Å². The fraction of sp³-hybridized carbons (Fsp3) is 0. The summed E-state index contributed by atoms with van der Waals surface area (Å²) < 4.78 is 30.1. The Kier molecular flexibility index (Phi) is 7.40. The molecule has 0 heterocycles. The van der Waals surface area contributed by atoms with Crippen LogP contribution in [0, 0.1) is 124 Å². The van der Waals surface area contributed by atoms with Gasteiger partial charge < -0.3 is 9.13 Å². The molecule has 4 saturated carbocycles.